The second-order valence-corrected chi connectivity index (χ2v) is 7.68. The molecule has 20 heavy (non-hydrogen) atoms. The first-order valence-electron chi connectivity index (χ1n) is 8.00. The van der Waals surface area contributed by atoms with Crippen molar-refractivity contribution in [3.05, 3.63) is 35.4 Å². The maximum absolute atomic E-state index is 3.48. The first-order chi connectivity index (χ1) is 9.24. The van der Waals surface area contributed by atoms with Crippen molar-refractivity contribution in [2.75, 3.05) is 7.05 Å². The number of rotatable bonds is 6. The van der Waals surface area contributed by atoms with Crippen molar-refractivity contribution < 1.29 is 0 Å². The molecule has 114 valence electrons. The third-order valence-corrected chi connectivity index (χ3v) is 4.44. The van der Waals surface area contributed by atoms with Gasteiger partial charge in [0.1, 0.15) is 0 Å². The van der Waals surface area contributed by atoms with Crippen molar-refractivity contribution in [1.29, 1.82) is 0 Å². The molecule has 0 fully saturated rings. The lowest BCUT2D eigenvalue weighted by Gasteiger charge is -2.31. The molecule has 0 aliphatic carbocycles. The van der Waals surface area contributed by atoms with Crippen LogP contribution < -0.4 is 5.32 Å². The van der Waals surface area contributed by atoms with Crippen molar-refractivity contribution in [1.82, 2.24) is 5.32 Å². The maximum Gasteiger partial charge on any atom is 0.0320 e. The van der Waals surface area contributed by atoms with Gasteiger partial charge in [-0.25, -0.2) is 0 Å². The summed E-state index contributed by atoms with van der Waals surface area (Å²) in [6.45, 7) is 13.9. The topological polar surface area (TPSA) is 12.0 Å². The highest BCUT2D eigenvalue weighted by molar-refractivity contribution is 5.25. The third kappa shape index (κ3) is 5.28. The van der Waals surface area contributed by atoms with E-state index in [0.717, 1.165) is 5.92 Å². The lowest BCUT2D eigenvalue weighted by atomic mass is 9.77. The van der Waals surface area contributed by atoms with Crippen molar-refractivity contribution in [3.8, 4) is 0 Å². The summed E-state index contributed by atoms with van der Waals surface area (Å²) in [5, 5.41) is 3.48. The van der Waals surface area contributed by atoms with Crippen LogP contribution in [-0.4, -0.2) is 7.05 Å². The Balaban J connectivity index is 2.75. The fraction of sp³-hybridized carbons (Fsp3) is 0.684. The molecule has 0 radical (unpaired) electrons. The summed E-state index contributed by atoms with van der Waals surface area (Å²) in [6, 6.07) is 9.64. The lowest BCUT2D eigenvalue weighted by Crippen LogP contribution is -2.25. The van der Waals surface area contributed by atoms with E-state index in [9.17, 15) is 0 Å². The van der Waals surface area contributed by atoms with Crippen molar-refractivity contribution >= 4 is 0 Å². The average molecular weight is 275 g/mol. The Labute approximate surface area is 126 Å². The molecule has 1 heteroatoms. The first-order valence-corrected chi connectivity index (χ1v) is 8.00. The highest BCUT2D eigenvalue weighted by Gasteiger charge is 2.23. The van der Waals surface area contributed by atoms with Gasteiger partial charge in [0.25, 0.3) is 0 Å². The normalized spacial score (nSPS) is 15.4. The van der Waals surface area contributed by atoms with Gasteiger partial charge in [-0.15, -0.1) is 0 Å². The van der Waals surface area contributed by atoms with Crippen molar-refractivity contribution in [2.24, 2.45) is 17.3 Å². The molecule has 0 spiro atoms. The largest absolute Gasteiger partial charge is 0.313 e. The van der Waals surface area contributed by atoms with Crippen molar-refractivity contribution in [3.63, 3.8) is 0 Å². The van der Waals surface area contributed by atoms with Crippen LogP contribution in [0.1, 0.15) is 65.1 Å². The smallest absolute Gasteiger partial charge is 0.0320 e. The molecule has 1 rings (SSSR count). The molecule has 1 nitrogen and oxygen atoms in total. The van der Waals surface area contributed by atoms with Gasteiger partial charge in [-0.2, -0.15) is 0 Å². The fourth-order valence-electron chi connectivity index (χ4n) is 2.49. The van der Waals surface area contributed by atoms with Crippen LogP contribution in [0.5, 0.6) is 0 Å². The van der Waals surface area contributed by atoms with Gasteiger partial charge in [0, 0.05) is 6.04 Å². The van der Waals surface area contributed by atoms with E-state index in [1.165, 1.54) is 24.0 Å². The molecule has 0 bridgehead atoms. The summed E-state index contributed by atoms with van der Waals surface area (Å²) < 4.78 is 0. The summed E-state index contributed by atoms with van der Waals surface area (Å²) in [4.78, 5) is 0. The quantitative estimate of drug-likeness (QED) is 0.750. The molecular formula is C19H33N. The molecule has 2 unspecified atom stereocenters. The van der Waals surface area contributed by atoms with E-state index in [4.69, 9.17) is 0 Å². The van der Waals surface area contributed by atoms with Crippen LogP contribution in [0.3, 0.4) is 0 Å². The predicted octanol–water partition coefficient (Wildman–Crippen LogP) is 5.22. The van der Waals surface area contributed by atoms with Gasteiger partial charge in [-0.1, -0.05) is 65.8 Å². The average Bonchev–Trinajstić information content (AvgIpc) is 2.35. The van der Waals surface area contributed by atoms with Crippen molar-refractivity contribution in [2.45, 2.75) is 60.4 Å². The predicted molar refractivity (Wildman–Crippen MR) is 90.0 cm³/mol. The van der Waals surface area contributed by atoms with Gasteiger partial charge in [-0.05, 0) is 48.3 Å². The minimum absolute atomic E-state index is 0.368. The molecule has 0 aliphatic rings. The van der Waals surface area contributed by atoms with E-state index in [1.54, 1.807) is 0 Å². The Morgan fingerprint density at radius 2 is 1.55 bits per heavy atom. The molecule has 0 heterocycles. The zero-order valence-corrected chi connectivity index (χ0v) is 14.5. The summed E-state index contributed by atoms with van der Waals surface area (Å²) in [5.41, 5.74) is 3.23. The van der Waals surface area contributed by atoms with E-state index in [0.29, 0.717) is 17.4 Å². The zero-order chi connectivity index (χ0) is 15.3. The molecule has 1 aromatic carbocycles. The van der Waals surface area contributed by atoms with Crippen LogP contribution in [0, 0.1) is 17.3 Å². The lowest BCUT2D eigenvalue weighted by molar-refractivity contribution is 0.226. The summed E-state index contributed by atoms with van der Waals surface area (Å²) in [7, 11) is 2.07. The second-order valence-electron chi connectivity index (χ2n) is 7.68. The summed E-state index contributed by atoms with van der Waals surface area (Å²) in [6.07, 6.45) is 2.35. The van der Waals surface area contributed by atoms with Gasteiger partial charge in [0.15, 0.2) is 0 Å². The van der Waals surface area contributed by atoms with Gasteiger partial charge < -0.3 is 5.32 Å². The van der Waals surface area contributed by atoms with Crippen LogP contribution in [0.25, 0.3) is 0 Å². The number of hydrogen-bond acceptors (Lipinski definition) is 1. The molecule has 0 amide bonds. The maximum atomic E-state index is 3.48. The Bertz CT molecular complexity index is 383. The van der Waals surface area contributed by atoms with Gasteiger partial charge in [0.05, 0.1) is 0 Å². The second kappa shape index (κ2) is 7.26. The molecular weight excluding hydrogens is 242 g/mol. The van der Waals surface area contributed by atoms with E-state index in [1.807, 2.05) is 0 Å². The van der Waals surface area contributed by atoms with Gasteiger partial charge in [0.2, 0.25) is 0 Å². The molecule has 0 saturated carbocycles. The molecule has 2 atom stereocenters. The summed E-state index contributed by atoms with van der Waals surface area (Å²) >= 11 is 0. The molecule has 1 N–H and O–H groups in total. The number of benzene rings is 1. The van der Waals surface area contributed by atoms with E-state index in [2.05, 4.69) is 78.2 Å². The Kier molecular flexibility index (Phi) is 6.26. The molecule has 0 aliphatic heterocycles. The van der Waals surface area contributed by atoms with Gasteiger partial charge in [-0.3, -0.25) is 0 Å². The van der Waals surface area contributed by atoms with Crippen LogP contribution in [0.15, 0.2) is 24.3 Å². The molecule has 0 saturated heterocycles. The first kappa shape index (κ1) is 17.2. The Morgan fingerprint density at radius 3 is 1.95 bits per heavy atom. The van der Waals surface area contributed by atoms with E-state index in [-0.39, 0.29) is 0 Å². The van der Waals surface area contributed by atoms with Crippen LogP contribution >= 0.6 is 0 Å². The van der Waals surface area contributed by atoms with E-state index >= 15 is 0 Å². The van der Waals surface area contributed by atoms with Gasteiger partial charge >= 0.3 is 0 Å². The summed E-state index contributed by atoms with van der Waals surface area (Å²) in [5.74, 6) is 1.41. The highest BCUT2D eigenvalue weighted by atomic mass is 14.9. The SMILES string of the molecule is CNC(CC(C)C(C)(C)C)c1ccc(CC(C)C)cc1. The number of nitrogens with one attached hydrogen (secondary N) is 1. The fourth-order valence-corrected chi connectivity index (χ4v) is 2.49. The van der Waals surface area contributed by atoms with Crippen LogP contribution in [0.4, 0.5) is 0 Å². The monoisotopic (exact) mass is 275 g/mol. The highest BCUT2D eigenvalue weighted by Crippen LogP contribution is 2.33. The minimum atomic E-state index is 0.368. The third-order valence-electron chi connectivity index (χ3n) is 4.44. The number of hydrogen-bond donors (Lipinski definition) is 1. The van der Waals surface area contributed by atoms with E-state index < -0.39 is 0 Å². The molecule has 0 aromatic heterocycles. The standard InChI is InChI=1S/C19H33N/c1-14(2)12-16-8-10-17(11-9-16)18(20-7)13-15(3)19(4,5)6/h8-11,14-15,18,20H,12-13H2,1-7H3. The van der Waals surface area contributed by atoms with Crippen LogP contribution in [0.2, 0.25) is 0 Å². The van der Waals surface area contributed by atoms with Crippen LogP contribution in [-0.2, 0) is 6.42 Å². The Hall–Kier alpha value is -0.820. The Morgan fingerprint density at radius 1 is 1.00 bits per heavy atom. The zero-order valence-electron chi connectivity index (χ0n) is 14.5. The minimum Gasteiger partial charge on any atom is -0.313 e. The molecule has 1 aromatic rings.